The van der Waals surface area contributed by atoms with Gasteiger partial charge >= 0.3 is 6.09 Å². The van der Waals surface area contributed by atoms with Gasteiger partial charge in [-0.15, -0.1) is 0 Å². The van der Waals surface area contributed by atoms with E-state index in [-0.39, 0.29) is 0 Å². The number of methoxy groups -OCH3 is 1. The van der Waals surface area contributed by atoms with Gasteiger partial charge in [-0.05, 0) is 0 Å². The van der Waals surface area contributed by atoms with Crippen molar-refractivity contribution >= 4 is 34.7 Å². The highest BCUT2D eigenvalue weighted by Crippen LogP contribution is 2.38. The highest BCUT2D eigenvalue weighted by atomic mass is 32.4. The Morgan fingerprint density at radius 1 is 1.00 bits per heavy atom. The summed E-state index contributed by atoms with van der Waals surface area (Å²) >= 11 is 5.78. The van der Waals surface area contributed by atoms with Crippen molar-refractivity contribution in [1.29, 1.82) is 0 Å². The van der Waals surface area contributed by atoms with Crippen LogP contribution in [0.15, 0.2) is 60.7 Å². The standard InChI is InChI=1S/C14H14NO2PS/c1-17-14(16)15-18(19,12-8-4-2-5-9-12)13-10-6-3-7-11-13/h2-11H,1H3,(H,15,16,19). The lowest BCUT2D eigenvalue weighted by Gasteiger charge is -2.23. The van der Waals surface area contributed by atoms with Crippen molar-refractivity contribution in [3.63, 3.8) is 0 Å². The third kappa shape index (κ3) is 3.03. The lowest BCUT2D eigenvalue weighted by atomic mass is 10.4. The van der Waals surface area contributed by atoms with Crippen LogP contribution < -0.4 is 15.7 Å². The number of carbonyl (C=O) groups is 1. The highest BCUT2D eigenvalue weighted by molar-refractivity contribution is 8.21. The molecule has 5 heteroatoms. The van der Waals surface area contributed by atoms with E-state index in [1.807, 2.05) is 60.7 Å². The molecule has 0 atom stereocenters. The van der Waals surface area contributed by atoms with E-state index in [4.69, 9.17) is 16.5 Å². The van der Waals surface area contributed by atoms with Gasteiger partial charge in [-0.2, -0.15) is 0 Å². The van der Waals surface area contributed by atoms with Crippen LogP contribution in [0, 0.1) is 0 Å². The van der Waals surface area contributed by atoms with Crippen molar-refractivity contribution in [2.45, 2.75) is 0 Å². The number of nitrogens with one attached hydrogen (secondary N) is 1. The van der Waals surface area contributed by atoms with Gasteiger partial charge in [0.2, 0.25) is 0 Å². The van der Waals surface area contributed by atoms with Gasteiger partial charge in [-0.25, -0.2) is 4.79 Å². The molecule has 0 heterocycles. The summed E-state index contributed by atoms with van der Waals surface area (Å²) in [7, 11) is 1.34. The third-order valence-electron chi connectivity index (χ3n) is 2.67. The molecule has 0 aromatic heterocycles. The second-order valence-corrected chi connectivity index (χ2v) is 8.00. The van der Waals surface area contributed by atoms with Crippen LogP contribution in [0.3, 0.4) is 0 Å². The van der Waals surface area contributed by atoms with Gasteiger partial charge in [0, 0.05) is 10.6 Å². The van der Waals surface area contributed by atoms with Crippen LogP contribution in [0.4, 0.5) is 4.79 Å². The first kappa shape index (κ1) is 13.8. The zero-order valence-corrected chi connectivity index (χ0v) is 12.2. The fourth-order valence-corrected chi connectivity index (χ4v) is 4.77. The molecule has 0 spiro atoms. The van der Waals surface area contributed by atoms with Gasteiger partial charge in [0.25, 0.3) is 0 Å². The minimum Gasteiger partial charge on any atom is -0.453 e. The maximum Gasteiger partial charge on any atom is 0.411 e. The maximum atomic E-state index is 11.6. The van der Waals surface area contributed by atoms with Gasteiger partial charge in [0.05, 0.1) is 13.3 Å². The van der Waals surface area contributed by atoms with E-state index in [1.54, 1.807) is 0 Å². The van der Waals surface area contributed by atoms with E-state index in [1.165, 1.54) is 7.11 Å². The Bertz CT molecular complexity index is 558. The normalized spacial score (nSPS) is 10.8. The summed E-state index contributed by atoms with van der Waals surface area (Å²) in [4.78, 5) is 11.6. The van der Waals surface area contributed by atoms with Crippen LogP contribution >= 0.6 is 6.19 Å². The van der Waals surface area contributed by atoms with Crippen molar-refractivity contribution in [3.8, 4) is 0 Å². The molecule has 0 saturated carbocycles. The Labute approximate surface area is 117 Å². The molecule has 0 aliphatic rings. The molecular formula is C14H14NO2PS. The molecule has 0 radical (unpaired) electrons. The van der Waals surface area contributed by atoms with Crippen molar-refractivity contribution in [2.75, 3.05) is 7.11 Å². The zero-order valence-electron chi connectivity index (χ0n) is 10.4. The molecule has 1 N–H and O–H groups in total. The van der Waals surface area contributed by atoms with Crippen LogP contribution in [0.5, 0.6) is 0 Å². The van der Waals surface area contributed by atoms with Crippen LogP contribution in [0.2, 0.25) is 0 Å². The lowest BCUT2D eigenvalue weighted by molar-refractivity contribution is 0.178. The molecule has 0 aliphatic carbocycles. The monoisotopic (exact) mass is 291 g/mol. The van der Waals surface area contributed by atoms with E-state index < -0.39 is 12.3 Å². The third-order valence-corrected chi connectivity index (χ3v) is 6.76. The molecule has 1 amide bonds. The molecule has 3 nitrogen and oxygen atoms in total. The zero-order chi connectivity index (χ0) is 13.7. The molecule has 0 unspecified atom stereocenters. The van der Waals surface area contributed by atoms with Crippen molar-refractivity contribution in [1.82, 2.24) is 5.09 Å². The minimum absolute atomic E-state index is 0.504. The van der Waals surface area contributed by atoms with Gasteiger partial charge in [0.15, 0.2) is 0 Å². The number of hydrogen-bond donors (Lipinski definition) is 1. The fourth-order valence-electron chi connectivity index (χ4n) is 1.73. The molecule has 0 bridgehead atoms. The summed E-state index contributed by atoms with van der Waals surface area (Å²) in [5, 5.41) is 4.70. The minimum atomic E-state index is -2.39. The Hall–Kier alpha value is -1.64. The first-order valence-corrected chi connectivity index (χ1v) is 8.54. The lowest BCUT2D eigenvalue weighted by Crippen LogP contribution is -2.31. The number of ether oxygens (including phenoxy) is 1. The summed E-state index contributed by atoms with van der Waals surface area (Å²) in [6.45, 7) is 0. The van der Waals surface area contributed by atoms with Crippen LogP contribution in [0.1, 0.15) is 0 Å². The number of carbonyl (C=O) groups excluding carboxylic acids is 1. The number of amides is 1. The van der Waals surface area contributed by atoms with Gasteiger partial charge < -0.3 is 4.74 Å². The van der Waals surface area contributed by atoms with E-state index in [0.29, 0.717) is 0 Å². The van der Waals surface area contributed by atoms with Crippen molar-refractivity contribution in [3.05, 3.63) is 60.7 Å². The van der Waals surface area contributed by atoms with Crippen LogP contribution in [-0.2, 0) is 16.5 Å². The molecule has 98 valence electrons. The predicted molar refractivity (Wildman–Crippen MR) is 82.0 cm³/mol. The summed E-state index contributed by atoms with van der Waals surface area (Å²) in [6, 6.07) is 19.2. The van der Waals surface area contributed by atoms with Gasteiger partial charge in [-0.3, -0.25) is 5.09 Å². The van der Waals surface area contributed by atoms with E-state index in [0.717, 1.165) is 10.6 Å². The van der Waals surface area contributed by atoms with E-state index >= 15 is 0 Å². The largest absolute Gasteiger partial charge is 0.453 e. The Kier molecular flexibility index (Phi) is 4.35. The second-order valence-electron chi connectivity index (χ2n) is 3.88. The molecule has 19 heavy (non-hydrogen) atoms. The van der Waals surface area contributed by atoms with Crippen LogP contribution in [0.25, 0.3) is 0 Å². The maximum absolute atomic E-state index is 11.6. The SMILES string of the molecule is COC(=O)NP(=S)(c1ccccc1)c1ccccc1. The molecule has 2 aromatic rings. The number of rotatable bonds is 3. The van der Waals surface area contributed by atoms with Crippen molar-refractivity contribution < 1.29 is 9.53 Å². The van der Waals surface area contributed by atoms with E-state index in [9.17, 15) is 4.79 Å². The Balaban J connectivity index is 2.51. The number of benzene rings is 2. The molecule has 0 aliphatic heterocycles. The fraction of sp³-hybridized carbons (Fsp3) is 0.0714. The average Bonchev–Trinajstić information content (AvgIpc) is 2.48. The second kappa shape index (κ2) is 6.00. The molecular weight excluding hydrogens is 277 g/mol. The first-order valence-electron chi connectivity index (χ1n) is 5.74. The highest BCUT2D eigenvalue weighted by Gasteiger charge is 2.24. The van der Waals surface area contributed by atoms with E-state index in [2.05, 4.69) is 5.09 Å². The summed E-state index contributed by atoms with van der Waals surface area (Å²) < 4.78 is 4.70. The Morgan fingerprint density at radius 2 is 1.42 bits per heavy atom. The first-order chi connectivity index (χ1) is 9.16. The predicted octanol–water partition coefficient (Wildman–Crippen LogP) is 2.39. The quantitative estimate of drug-likeness (QED) is 0.883. The molecule has 2 rings (SSSR count). The van der Waals surface area contributed by atoms with Gasteiger partial charge in [-0.1, -0.05) is 72.5 Å². The Morgan fingerprint density at radius 3 is 1.79 bits per heavy atom. The summed E-state index contributed by atoms with van der Waals surface area (Å²) in [5.41, 5.74) is 0. The summed E-state index contributed by atoms with van der Waals surface area (Å²) in [5.74, 6) is 0. The molecule has 0 saturated heterocycles. The van der Waals surface area contributed by atoms with Gasteiger partial charge in [0.1, 0.15) is 0 Å². The number of hydrogen-bond acceptors (Lipinski definition) is 3. The smallest absolute Gasteiger partial charge is 0.411 e. The average molecular weight is 291 g/mol. The molecule has 0 fully saturated rings. The summed E-state index contributed by atoms with van der Waals surface area (Å²) in [6.07, 6.45) is -2.89. The molecule has 2 aromatic carbocycles. The topological polar surface area (TPSA) is 38.3 Å². The van der Waals surface area contributed by atoms with Crippen LogP contribution in [-0.4, -0.2) is 13.2 Å². The van der Waals surface area contributed by atoms with Crippen molar-refractivity contribution in [2.24, 2.45) is 0 Å².